The summed E-state index contributed by atoms with van der Waals surface area (Å²) in [6.45, 7) is 9.82. The zero-order valence-corrected chi connectivity index (χ0v) is 12.9. The Morgan fingerprint density at radius 2 is 2.25 bits per heavy atom. The van der Waals surface area contributed by atoms with E-state index in [0.29, 0.717) is 31.7 Å². The van der Waals surface area contributed by atoms with Crippen LogP contribution in [-0.2, 0) is 9.47 Å². The van der Waals surface area contributed by atoms with Crippen molar-refractivity contribution in [1.82, 2.24) is 10.2 Å². The number of aliphatic hydroxyl groups is 1. The number of rotatable bonds is 8. The summed E-state index contributed by atoms with van der Waals surface area (Å²) < 4.78 is 11.3. The molecule has 0 radical (unpaired) electrons. The summed E-state index contributed by atoms with van der Waals surface area (Å²) in [5.41, 5.74) is 0. The fraction of sp³-hybridized carbons (Fsp3) is 1.00. The lowest BCUT2D eigenvalue weighted by Crippen LogP contribution is -2.50. The quantitative estimate of drug-likeness (QED) is 0.679. The van der Waals surface area contributed by atoms with Gasteiger partial charge >= 0.3 is 0 Å². The SMILES string of the molecule is CC(C)COCC(O)CNCC1CN2CCCC2CO1. The lowest BCUT2D eigenvalue weighted by molar-refractivity contribution is -0.0485. The largest absolute Gasteiger partial charge is 0.389 e. The minimum atomic E-state index is -0.433. The molecule has 3 unspecified atom stereocenters. The molecule has 2 N–H and O–H groups in total. The summed E-state index contributed by atoms with van der Waals surface area (Å²) in [6, 6.07) is 0.654. The summed E-state index contributed by atoms with van der Waals surface area (Å²) in [5, 5.41) is 13.1. The molecule has 5 heteroatoms. The third kappa shape index (κ3) is 5.30. The molecule has 2 fully saturated rings. The van der Waals surface area contributed by atoms with Gasteiger partial charge in [-0.2, -0.15) is 0 Å². The first kappa shape index (κ1) is 16.2. The van der Waals surface area contributed by atoms with E-state index in [-0.39, 0.29) is 6.10 Å². The van der Waals surface area contributed by atoms with E-state index in [4.69, 9.17) is 9.47 Å². The molecule has 0 saturated carbocycles. The molecule has 2 aliphatic rings. The second kappa shape index (κ2) is 8.29. The fourth-order valence-electron chi connectivity index (χ4n) is 2.92. The van der Waals surface area contributed by atoms with Crippen LogP contribution in [-0.4, -0.2) is 74.3 Å². The van der Waals surface area contributed by atoms with E-state index in [1.54, 1.807) is 0 Å². The molecule has 2 aliphatic heterocycles. The van der Waals surface area contributed by atoms with Crippen LogP contribution in [0.25, 0.3) is 0 Å². The number of morpholine rings is 1. The third-order valence-electron chi connectivity index (χ3n) is 3.97. The molecule has 20 heavy (non-hydrogen) atoms. The van der Waals surface area contributed by atoms with Crippen molar-refractivity contribution in [2.45, 2.75) is 44.9 Å². The molecule has 118 valence electrons. The van der Waals surface area contributed by atoms with Gasteiger partial charge in [0.25, 0.3) is 0 Å². The van der Waals surface area contributed by atoms with E-state index >= 15 is 0 Å². The van der Waals surface area contributed by atoms with Gasteiger partial charge in [-0.15, -0.1) is 0 Å². The van der Waals surface area contributed by atoms with Crippen LogP contribution in [0.15, 0.2) is 0 Å². The maximum atomic E-state index is 9.80. The Hall–Kier alpha value is -0.200. The number of aliphatic hydroxyl groups excluding tert-OH is 1. The van der Waals surface area contributed by atoms with E-state index in [1.807, 2.05) is 0 Å². The molecule has 0 aromatic heterocycles. The Labute approximate surface area is 122 Å². The van der Waals surface area contributed by atoms with Crippen LogP contribution in [0.5, 0.6) is 0 Å². The minimum absolute atomic E-state index is 0.258. The van der Waals surface area contributed by atoms with E-state index in [2.05, 4.69) is 24.1 Å². The highest BCUT2D eigenvalue weighted by atomic mass is 16.5. The molecule has 5 nitrogen and oxygen atoms in total. The van der Waals surface area contributed by atoms with Gasteiger partial charge in [0.15, 0.2) is 0 Å². The van der Waals surface area contributed by atoms with Crippen LogP contribution in [0.4, 0.5) is 0 Å². The Kier molecular flexibility index (Phi) is 6.71. The summed E-state index contributed by atoms with van der Waals surface area (Å²) in [5.74, 6) is 0.513. The molecule has 0 aliphatic carbocycles. The molecule has 2 heterocycles. The minimum Gasteiger partial charge on any atom is -0.389 e. The van der Waals surface area contributed by atoms with Crippen molar-refractivity contribution in [3.63, 3.8) is 0 Å². The van der Waals surface area contributed by atoms with Gasteiger partial charge in [-0.3, -0.25) is 4.90 Å². The molecule has 2 saturated heterocycles. The molecule has 0 aromatic rings. The molecule has 0 bridgehead atoms. The summed E-state index contributed by atoms with van der Waals surface area (Å²) in [6.07, 6.45) is 2.41. The van der Waals surface area contributed by atoms with Crippen LogP contribution < -0.4 is 5.32 Å². The zero-order valence-electron chi connectivity index (χ0n) is 12.9. The third-order valence-corrected chi connectivity index (χ3v) is 3.97. The Morgan fingerprint density at radius 3 is 3.05 bits per heavy atom. The molecule has 0 aromatic carbocycles. The highest BCUT2D eigenvalue weighted by molar-refractivity contribution is 4.85. The predicted octanol–water partition coefficient (Wildman–Crippen LogP) is 0.473. The van der Waals surface area contributed by atoms with Gasteiger partial charge in [0.05, 0.1) is 25.4 Å². The van der Waals surface area contributed by atoms with Gasteiger partial charge in [-0.1, -0.05) is 13.8 Å². The van der Waals surface area contributed by atoms with Crippen LogP contribution in [0.1, 0.15) is 26.7 Å². The maximum absolute atomic E-state index is 9.80. The highest BCUT2D eigenvalue weighted by Crippen LogP contribution is 2.22. The first-order valence-corrected chi connectivity index (χ1v) is 7.97. The number of nitrogens with zero attached hydrogens (tertiary/aromatic N) is 1. The highest BCUT2D eigenvalue weighted by Gasteiger charge is 2.31. The van der Waals surface area contributed by atoms with E-state index in [0.717, 1.165) is 19.7 Å². The van der Waals surface area contributed by atoms with Crippen molar-refractivity contribution in [3.8, 4) is 0 Å². The van der Waals surface area contributed by atoms with E-state index < -0.39 is 6.10 Å². The number of fused-ring (bicyclic) bond motifs is 1. The van der Waals surface area contributed by atoms with E-state index in [1.165, 1.54) is 19.4 Å². The van der Waals surface area contributed by atoms with Gasteiger partial charge in [-0.25, -0.2) is 0 Å². The number of hydrogen-bond acceptors (Lipinski definition) is 5. The first-order chi connectivity index (χ1) is 9.65. The van der Waals surface area contributed by atoms with Gasteiger partial charge in [0.1, 0.15) is 0 Å². The number of ether oxygens (including phenoxy) is 2. The van der Waals surface area contributed by atoms with Crippen molar-refractivity contribution in [3.05, 3.63) is 0 Å². The first-order valence-electron chi connectivity index (χ1n) is 7.97. The van der Waals surface area contributed by atoms with Crippen molar-refractivity contribution >= 4 is 0 Å². The average molecular weight is 286 g/mol. The Balaban J connectivity index is 1.52. The Morgan fingerprint density at radius 1 is 1.40 bits per heavy atom. The fourth-order valence-corrected chi connectivity index (χ4v) is 2.92. The maximum Gasteiger partial charge on any atom is 0.0897 e. The summed E-state index contributed by atoms with van der Waals surface area (Å²) >= 11 is 0. The van der Waals surface area contributed by atoms with Crippen LogP contribution in [0.2, 0.25) is 0 Å². The standard InChI is InChI=1S/C15H30N2O3/c1-12(2)9-19-11-14(18)6-16-7-15-8-17-5-3-4-13(17)10-20-15/h12-16,18H,3-11H2,1-2H3. The van der Waals surface area contributed by atoms with Crippen molar-refractivity contribution in [1.29, 1.82) is 0 Å². The molecule has 3 atom stereocenters. The predicted molar refractivity (Wildman–Crippen MR) is 78.9 cm³/mol. The Bertz CT molecular complexity index is 276. The number of nitrogens with one attached hydrogen (secondary N) is 1. The monoisotopic (exact) mass is 286 g/mol. The van der Waals surface area contributed by atoms with Crippen LogP contribution in [0, 0.1) is 5.92 Å². The topological polar surface area (TPSA) is 54.0 Å². The molecule has 0 amide bonds. The average Bonchev–Trinajstić information content (AvgIpc) is 2.85. The van der Waals surface area contributed by atoms with Gasteiger partial charge in [0.2, 0.25) is 0 Å². The molecule has 2 rings (SSSR count). The molecule has 0 spiro atoms. The van der Waals surface area contributed by atoms with Gasteiger partial charge < -0.3 is 19.9 Å². The number of hydrogen-bond donors (Lipinski definition) is 2. The van der Waals surface area contributed by atoms with Crippen molar-refractivity contribution in [2.75, 3.05) is 46.0 Å². The van der Waals surface area contributed by atoms with Crippen molar-refractivity contribution < 1.29 is 14.6 Å². The molecular weight excluding hydrogens is 256 g/mol. The zero-order chi connectivity index (χ0) is 14.4. The smallest absolute Gasteiger partial charge is 0.0897 e. The lowest BCUT2D eigenvalue weighted by atomic mass is 10.2. The summed E-state index contributed by atoms with van der Waals surface area (Å²) in [7, 11) is 0. The molecular formula is C15H30N2O3. The second-order valence-electron chi connectivity index (χ2n) is 6.49. The second-order valence-corrected chi connectivity index (χ2v) is 6.49. The normalized spacial score (nSPS) is 28.8. The van der Waals surface area contributed by atoms with E-state index in [9.17, 15) is 5.11 Å². The van der Waals surface area contributed by atoms with Crippen LogP contribution in [0.3, 0.4) is 0 Å². The van der Waals surface area contributed by atoms with Gasteiger partial charge in [0, 0.05) is 32.3 Å². The van der Waals surface area contributed by atoms with Crippen LogP contribution >= 0.6 is 0 Å². The van der Waals surface area contributed by atoms with Crippen molar-refractivity contribution in [2.24, 2.45) is 5.92 Å². The lowest BCUT2D eigenvalue weighted by Gasteiger charge is -2.35. The summed E-state index contributed by atoms with van der Waals surface area (Å²) in [4.78, 5) is 2.54. The van der Waals surface area contributed by atoms with Gasteiger partial charge in [-0.05, 0) is 25.3 Å².